The number of carbonyl (C=O) groups excluding carboxylic acids is 5. The summed E-state index contributed by atoms with van der Waals surface area (Å²) < 4.78 is 0. The van der Waals surface area contributed by atoms with E-state index in [2.05, 4.69) is 16.3 Å². The van der Waals surface area contributed by atoms with Crippen LogP contribution in [0.5, 0.6) is 0 Å². The molecule has 9 nitrogen and oxygen atoms in total. The molecule has 0 aromatic rings. The van der Waals surface area contributed by atoms with Crippen LogP contribution in [0.15, 0.2) is 12.2 Å². The van der Waals surface area contributed by atoms with Gasteiger partial charge in [0.1, 0.15) is 0 Å². The Morgan fingerprint density at radius 1 is 1.09 bits per heavy atom. The number of hydrogen-bond acceptors (Lipinski definition) is 7. The number of imide groups is 2. The number of rotatable bonds is 4. The zero-order valence-corrected chi connectivity index (χ0v) is 12.7. The van der Waals surface area contributed by atoms with E-state index < -0.39 is 41.6 Å². The molecule has 124 valence electrons. The lowest BCUT2D eigenvalue weighted by Crippen LogP contribution is -2.38. The van der Waals surface area contributed by atoms with Crippen LogP contribution in [-0.2, 0) is 28.9 Å². The molecule has 0 aromatic carbocycles. The number of carbonyl (C=O) groups is 5. The molecule has 2 aliphatic heterocycles. The first-order valence-electron chi connectivity index (χ1n) is 7.05. The van der Waals surface area contributed by atoms with Gasteiger partial charge in [0.15, 0.2) is 0 Å². The zero-order valence-electron chi connectivity index (χ0n) is 12.7. The third-order valence-electron chi connectivity index (χ3n) is 3.72. The van der Waals surface area contributed by atoms with Gasteiger partial charge in [0, 0.05) is 12.8 Å². The van der Waals surface area contributed by atoms with Crippen LogP contribution in [-0.4, -0.2) is 39.9 Å². The Balaban J connectivity index is 1.99. The first kappa shape index (κ1) is 16.7. The van der Waals surface area contributed by atoms with E-state index in [1.54, 1.807) is 13.8 Å². The van der Waals surface area contributed by atoms with Crippen molar-refractivity contribution >= 4 is 29.8 Å². The van der Waals surface area contributed by atoms with Crippen molar-refractivity contribution in [1.82, 2.24) is 10.1 Å². The summed E-state index contributed by atoms with van der Waals surface area (Å²) >= 11 is 0. The van der Waals surface area contributed by atoms with Gasteiger partial charge in [-0.15, -0.1) is 0 Å². The summed E-state index contributed by atoms with van der Waals surface area (Å²) in [5.41, 5.74) is 0.457. The van der Waals surface area contributed by atoms with Gasteiger partial charge in [-0.2, -0.15) is 4.79 Å². The van der Waals surface area contributed by atoms with E-state index in [-0.39, 0.29) is 17.9 Å². The van der Waals surface area contributed by atoms with E-state index >= 15 is 0 Å². The van der Waals surface area contributed by atoms with Crippen LogP contribution in [0.25, 0.3) is 0 Å². The quantitative estimate of drug-likeness (QED) is 0.553. The average molecular weight is 324 g/mol. The molecule has 2 unspecified atom stereocenters. The Morgan fingerprint density at radius 3 is 2.04 bits per heavy atom. The molecule has 0 aromatic heterocycles. The van der Waals surface area contributed by atoms with Crippen molar-refractivity contribution in [2.24, 2.45) is 11.8 Å². The molecule has 0 N–H and O–H groups in total. The van der Waals surface area contributed by atoms with Crippen molar-refractivity contribution in [3.8, 4) is 0 Å². The summed E-state index contributed by atoms with van der Waals surface area (Å²) in [4.78, 5) is 67.7. The fourth-order valence-corrected chi connectivity index (χ4v) is 2.34. The maximum absolute atomic E-state index is 11.9. The van der Waals surface area contributed by atoms with Crippen LogP contribution in [0.2, 0.25) is 0 Å². The van der Waals surface area contributed by atoms with Gasteiger partial charge in [0.25, 0.3) is 23.6 Å². The summed E-state index contributed by atoms with van der Waals surface area (Å²) in [6, 6.07) is 0. The van der Waals surface area contributed by atoms with Crippen molar-refractivity contribution in [3.63, 3.8) is 0 Å². The minimum atomic E-state index is -1.51. The van der Waals surface area contributed by atoms with Gasteiger partial charge in [0.2, 0.25) is 0 Å². The summed E-state index contributed by atoms with van der Waals surface area (Å²) in [5, 5.41) is 0.571. The maximum Gasteiger partial charge on any atom is 0.560 e. The van der Waals surface area contributed by atoms with Gasteiger partial charge in [0.05, 0.1) is 11.8 Å². The minimum Gasteiger partial charge on any atom is -0.293 e. The van der Waals surface area contributed by atoms with Gasteiger partial charge < -0.3 is 0 Å². The first-order chi connectivity index (χ1) is 10.8. The van der Waals surface area contributed by atoms with Crippen molar-refractivity contribution in [2.75, 3.05) is 0 Å². The van der Waals surface area contributed by atoms with Crippen molar-refractivity contribution in [1.29, 1.82) is 0 Å². The van der Waals surface area contributed by atoms with Crippen LogP contribution < -0.4 is 0 Å². The largest absolute Gasteiger partial charge is 0.560 e. The van der Waals surface area contributed by atoms with Gasteiger partial charge in [-0.1, -0.05) is 29.2 Å². The monoisotopic (exact) mass is 324 g/mol. The van der Waals surface area contributed by atoms with Gasteiger partial charge >= 0.3 is 6.16 Å². The molecule has 2 saturated heterocycles. The van der Waals surface area contributed by atoms with Gasteiger partial charge in [-0.05, 0) is 13.3 Å². The van der Waals surface area contributed by atoms with E-state index in [0.29, 0.717) is 17.1 Å². The molecule has 0 spiro atoms. The van der Waals surface area contributed by atoms with E-state index in [0.717, 1.165) is 0 Å². The molecular formula is C14H16N2O7. The van der Waals surface area contributed by atoms with Crippen LogP contribution in [0, 0.1) is 11.8 Å². The molecule has 0 aliphatic carbocycles. The summed E-state index contributed by atoms with van der Waals surface area (Å²) in [6.07, 6.45) is -1.32. The molecule has 2 atom stereocenters. The lowest BCUT2D eigenvalue weighted by molar-refractivity contribution is -0.199. The SMILES string of the molecule is C=C(C)C1CC(=O)N(OC(=O)ON2C(=O)CC(CC)C2=O)C1=O. The maximum atomic E-state index is 11.9. The number of hydroxylamine groups is 4. The third-order valence-corrected chi connectivity index (χ3v) is 3.72. The van der Waals surface area contributed by atoms with E-state index in [9.17, 15) is 24.0 Å². The van der Waals surface area contributed by atoms with Crippen molar-refractivity contribution < 1.29 is 33.6 Å². The fourth-order valence-electron chi connectivity index (χ4n) is 2.34. The van der Waals surface area contributed by atoms with Crippen molar-refractivity contribution in [2.45, 2.75) is 33.1 Å². The molecule has 2 fully saturated rings. The summed E-state index contributed by atoms with van der Waals surface area (Å²) in [5.74, 6) is -4.14. The van der Waals surface area contributed by atoms with E-state index in [1.165, 1.54) is 0 Å². The summed E-state index contributed by atoms with van der Waals surface area (Å²) in [6.45, 7) is 6.88. The normalized spacial score (nSPS) is 24.4. The standard InChI is InChI=1S/C14H16N2O7/c1-4-8-5-10(17)15(12(8)19)22-14(21)23-16-11(18)6-9(7(2)3)13(16)20/h8-9H,2,4-6H2,1,3H3. The third kappa shape index (κ3) is 3.08. The van der Waals surface area contributed by atoms with Crippen molar-refractivity contribution in [3.05, 3.63) is 12.2 Å². The van der Waals surface area contributed by atoms with Gasteiger partial charge in [-0.25, -0.2) is 0 Å². The number of nitrogens with zero attached hydrogens (tertiary/aromatic N) is 2. The molecule has 0 bridgehead atoms. The highest BCUT2D eigenvalue weighted by Crippen LogP contribution is 2.26. The Hall–Kier alpha value is -2.71. The second kappa shape index (κ2) is 6.19. The fraction of sp³-hybridized carbons (Fsp3) is 0.500. The molecule has 9 heteroatoms. The smallest absolute Gasteiger partial charge is 0.293 e. The van der Waals surface area contributed by atoms with Crippen LogP contribution in [0.4, 0.5) is 4.79 Å². The Kier molecular flexibility index (Phi) is 4.48. The van der Waals surface area contributed by atoms with E-state index in [4.69, 9.17) is 0 Å². The molecule has 23 heavy (non-hydrogen) atoms. The Labute approximate surface area is 131 Å². The highest BCUT2D eigenvalue weighted by Gasteiger charge is 2.44. The Morgan fingerprint density at radius 2 is 1.61 bits per heavy atom. The van der Waals surface area contributed by atoms with Crippen LogP contribution >= 0.6 is 0 Å². The molecule has 0 radical (unpaired) electrons. The minimum absolute atomic E-state index is 0.0675. The van der Waals surface area contributed by atoms with Crippen LogP contribution in [0.3, 0.4) is 0 Å². The first-order valence-corrected chi connectivity index (χ1v) is 7.05. The molecule has 0 saturated carbocycles. The average Bonchev–Trinajstić information content (AvgIpc) is 2.91. The highest BCUT2D eigenvalue weighted by molar-refractivity contribution is 6.05. The summed E-state index contributed by atoms with van der Waals surface area (Å²) in [7, 11) is 0. The lowest BCUT2D eigenvalue weighted by Gasteiger charge is -2.16. The number of hydrogen-bond donors (Lipinski definition) is 0. The zero-order chi connectivity index (χ0) is 17.3. The number of amides is 4. The topological polar surface area (TPSA) is 110 Å². The predicted octanol–water partition coefficient (Wildman–Crippen LogP) is 0.706. The lowest BCUT2D eigenvalue weighted by atomic mass is 10.0. The molecule has 4 amide bonds. The second-order valence-electron chi connectivity index (χ2n) is 5.40. The molecular weight excluding hydrogens is 308 g/mol. The molecule has 2 aliphatic rings. The molecule has 2 heterocycles. The van der Waals surface area contributed by atoms with Gasteiger partial charge in [-0.3, -0.25) is 28.9 Å². The molecule has 2 rings (SSSR count). The van der Waals surface area contributed by atoms with E-state index in [1.807, 2.05) is 0 Å². The predicted molar refractivity (Wildman–Crippen MR) is 72.6 cm³/mol. The second-order valence-corrected chi connectivity index (χ2v) is 5.40. The highest BCUT2D eigenvalue weighted by atomic mass is 16.9. The Bertz CT molecular complexity index is 612. The van der Waals surface area contributed by atoms with Crippen LogP contribution in [0.1, 0.15) is 33.1 Å².